The summed E-state index contributed by atoms with van der Waals surface area (Å²) in [4.78, 5) is 21.2. The highest BCUT2D eigenvalue weighted by molar-refractivity contribution is 7.41. The number of rotatable bonds is 5. The fraction of sp³-hybridized carbons (Fsp3) is 0.286. The lowest BCUT2D eigenvalue weighted by Crippen LogP contribution is -2.28. The van der Waals surface area contributed by atoms with Crippen LogP contribution in [0.3, 0.4) is 0 Å². The zero-order valence-corrected chi connectivity index (χ0v) is 10.0. The van der Waals surface area contributed by atoms with Gasteiger partial charge in [-0.05, 0) is 11.6 Å². The minimum Gasteiger partial charge on any atom is -0.358 e. The summed E-state index contributed by atoms with van der Waals surface area (Å²) in [6.07, 6.45) is 2.46. The van der Waals surface area contributed by atoms with Gasteiger partial charge in [0.2, 0.25) is 8.03 Å². The minimum absolute atomic E-state index is 0.383. The van der Waals surface area contributed by atoms with Crippen molar-refractivity contribution in [3.63, 3.8) is 0 Å². The van der Waals surface area contributed by atoms with E-state index in [0.29, 0.717) is 5.56 Å². The molecule has 1 aromatic rings. The van der Waals surface area contributed by atoms with E-state index in [0.717, 1.165) is 0 Å². The monoisotopic (exact) mass is 267 g/mol. The molecule has 0 fully saturated rings. The Morgan fingerprint density at radius 1 is 1.44 bits per heavy atom. The largest absolute Gasteiger partial charge is 0.358 e. The third-order valence-electron chi connectivity index (χ3n) is 1.76. The van der Waals surface area contributed by atoms with Crippen molar-refractivity contribution in [1.29, 1.82) is 0 Å². The minimum atomic E-state index is -3.54. The van der Waals surface area contributed by atoms with Gasteiger partial charge in [-0.3, -0.25) is 18.6 Å². The van der Waals surface area contributed by atoms with Crippen molar-refractivity contribution in [3.8, 4) is 0 Å². The first kappa shape index (κ1) is 13.5. The van der Waals surface area contributed by atoms with Crippen LogP contribution < -0.4 is 0 Å². The predicted molar refractivity (Wildman–Crippen MR) is 56.4 cm³/mol. The van der Waals surface area contributed by atoms with Gasteiger partial charge in [0.15, 0.2) is 0 Å². The fourth-order valence-corrected chi connectivity index (χ4v) is 2.41. The molecule has 0 saturated heterocycles. The van der Waals surface area contributed by atoms with E-state index in [9.17, 15) is 14.2 Å². The number of pyridine rings is 1. The quantitative estimate of drug-likeness (QED) is 0.513. The van der Waals surface area contributed by atoms with Gasteiger partial charge < -0.3 is 14.9 Å². The fourth-order valence-electron chi connectivity index (χ4n) is 1.08. The maximum Gasteiger partial charge on any atom is 0.319 e. The maximum atomic E-state index is 10.9. The third kappa shape index (κ3) is 3.79. The highest BCUT2D eigenvalue weighted by Gasteiger charge is 2.36. The molecule has 3 N–H and O–H groups in total. The topological polar surface area (TPSA) is 117 Å². The molecule has 90 valence electrons. The molecule has 3 atom stereocenters. The van der Waals surface area contributed by atoms with E-state index in [1.54, 1.807) is 12.1 Å². The van der Waals surface area contributed by atoms with Crippen LogP contribution in [0.2, 0.25) is 0 Å². The van der Waals surface area contributed by atoms with Gasteiger partial charge in [0.1, 0.15) is 0 Å². The number of hydrogen-bond donors (Lipinski definition) is 3. The van der Waals surface area contributed by atoms with Crippen LogP contribution in [-0.4, -0.2) is 25.4 Å². The van der Waals surface area contributed by atoms with Crippen LogP contribution in [0.1, 0.15) is 5.56 Å². The van der Waals surface area contributed by atoms with Gasteiger partial charge in [-0.25, -0.2) is 0 Å². The van der Waals surface area contributed by atoms with E-state index in [2.05, 4.69) is 9.51 Å². The first-order chi connectivity index (χ1) is 7.44. The van der Waals surface area contributed by atoms with E-state index in [4.69, 9.17) is 9.79 Å². The van der Waals surface area contributed by atoms with Crippen LogP contribution in [0, 0.1) is 0 Å². The van der Waals surface area contributed by atoms with E-state index in [-0.39, 0.29) is 6.42 Å². The summed E-state index contributed by atoms with van der Waals surface area (Å²) >= 11 is 0. The Morgan fingerprint density at radius 2 is 2.12 bits per heavy atom. The summed E-state index contributed by atoms with van der Waals surface area (Å²) in [6.45, 7) is 0. The maximum absolute atomic E-state index is 10.9. The Hall–Kier alpha value is -0.550. The van der Waals surface area contributed by atoms with Gasteiger partial charge in [-0.2, -0.15) is 0 Å². The van der Waals surface area contributed by atoms with Crippen molar-refractivity contribution in [3.05, 3.63) is 30.1 Å². The molecular formula is C7H11NO6P2. The second-order valence-electron chi connectivity index (χ2n) is 3.00. The lowest BCUT2D eigenvalue weighted by molar-refractivity contribution is -0.0672. The molecular weight excluding hydrogens is 256 g/mol. The summed E-state index contributed by atoms with van der Waals surface area (Å²) in [7, 11) is -7.05. The summed E-state index contributed by atoms with van der Waals surface area (Å²) < 4.78 is 25.6. The molecule has 1 rings (SSSR count). The van der Waals surface area contributed by atoms with Crippen molar-refractivity contribution < 1.29 is 28.5 Å². The molecule has 1 aromatic heterocycles. The first-order valence-electron chi connectivity index (χ1n) is 4.20. The predicted octanol–water partition coefficient (Wildman–Crippen LogP) is 0.136. The SMILES string of the molecule is O=[PH](O)OC(O)(Cc1cccnc1)[PH](=O)O. The van der Waals surface area contributed by atoms with Gasteiger partial charge in [0.25, 0.3) is 5.53 Å². The molecule has 0 aromatic carbocycles. The van der Waals surface area contributed by atoms with Gasteiger partial charge in [-0.1, -0.05) is 6.07 Å². The Balaban J connectivity index is 2.87. The first-order valence-corrected chi connectivity index (χ1v) is 6.82. The normalized spacial score (nSPS) is 18.7. The summed E-state index contributed by atoms with van der Waals surface area (Å²) in [5, 5.41) is 9.61. The molecule has 0 bridgehead atoms. The third-order valence-corrected chi connectivity index (χ3v) is 3.42. The van der Waals surface area contributed by atoms with Crippen LogP contribution in [0.4, 0.5) is 0 Å². The molecule has 9 heteroatoms. The van der Waals surface area contributed by atoms with Crippen molar-refractivity contribution in [2.75, 3.05) is 0 Å². The average molecular weight is 267 g/mol. The van der Waals surface area contributed by atoms with Gasteiger partial charge in [0, 0.05) is 18.8 Å². The number of nitrogens with zero attached hydrogens (tertiary/aromatic N) is 1. The molecule has 16 heavy (non-hydrogen) atoms. The van der Waals surface area contributed by atoms with Crippen molar-refractivity contribution in [2.24, 2.45) is 0 Å². The molecule has 0 aliphatic carbocycles. The van der Waals surface area contributed by atoms with Crippen LogP contribution in [0.15, 0.2) is 24.5 Å². The number of hydrogen-bond acceptors (Lipinski definition) is 5. The Kier molecular flexibility index (Phi) is 4.80. The molecule has 0 saturated carbocycles. The lowest BCUT2D eigenvalue weighted by atomic mass is 10.2. The Morgan fingerprint density at radius 3 is 2.56 bits per heavy atom. The second kappa shape index (κ2) is 5.68. The molecule has 0 aliphatic heterocycles. The van der Waals surface area contributed by atoms with Crippen molar-refractivity contribution in [2.45, 2.75) is 11.9 Å². The zero-order chi connectivity index (χ0) is 12.2. The van der Waals surface area contributed by atoms with E-state index in [1.165, 1.54) is 12.4 Å². The average Bonchev–Trinajstić information content (AvgIpc) is 2.17. The van der Waals surface area contributed by atoms with Gasteiger partial charge in [-0.15, -0.1) is 0 Å². The Bertz CT molecular complexity index is 399. The molecule has 3 unspecified atom stereocenters. The molecule has 0 spiro atoms. The summed E-state index contributed by atoms with van der Waals surface area (Å²) in [5.41, 5.74) is -2.11. The highest BCUT2D eigenvalue weighted by Crippen LogP contribution is 2.42. The number of aliphatic hydroxyl groups is 1. The molecule has 0 aliphatic rings. The van der Waals surface area contributed by atoms with Crippen LogP contribution >= 0.6 is 16.3 Å². The van der Waals surface area contributed by atoms with Gasteiger partial charge >= 0.3 is 8.25 Å². The van der Waals surface area contributed by atoms with Crippen molar-refractivity contribution in [1.82, 2.24) is 4.98 Å². The molecule has 1 heterocycles. The molecule has 7 nitrogen and oxygen atoms in total. The van der Waals surface area contributed by atoms with Crippen LogP contribution in [0.25, 0.3) is 0 Å². The highest BCUT2D eigenvalue weighted by atomic mass is 31.1. The lowest BCUT2D eigenvalue weighted by Gasteiger charge is -2.23. The Labute approximate surface area is 92.5 Å². The second-order valence-corrected chi connectivity index (χ2v) is 5.12. The molecule has 0 radical (unpaired) electrons. The van der Waals surface area contributed by atoms with E-state index >= 15 is 0 Å². The van der Waals surface area contributed by atoms with Crippen LogP contribution in [0.5, 0.6) is 0 Å². The number of aromatic nitrogens is 1. The summed E-state index contributed by atoms with van der Waals surface area (Å²) in [5.74, 6) is 0. The van der Waals surface area contributed by atoms with E-state index in [1.807, 2.05) is 0 Å². The van der Waals surface area contributed by atoms with Crippen LogP contribution in [-0.2, 0) is 20.1 Å². The van der Waals surface area contributed by atoms with Crippen molar-refractivity contribution >= 4 is 16.3 Å². The smallest absolute Gasteiger partial charge is 0.319 e. The molecule has 0 amide bonds. The summed E-state index contributed by atoms with van der Waals surface area (Å²) in [6, 6.07) is 3.10. The zero-order valence-electron chi connectivity index (χ0n) is 8.03. The standard InChI is InChI=1S/C7H11NO6P2/c9-7(15(10)11,14-16(12)13)4-6-2-1-3-8-5-6/h1-3,5,9,15-16H,4H2,(H,10,11)(H,12,13). The van der Waals surface area contributed by atoms with E-state index < -0.39 is 21.8 Å². The van der Waals surface area contributed by atoms with Gasteiger partial charge in [0.05, 0.1) is 0 Å².